The predicted octanol–water partition coefficient (Wildman–Crippen LogP) is 3.51. The molecule has 1 atom stereocenters. The minimum absolute atomic E-state index is 0.0732. The molecule has 0 bridgehead atoms. The number of hydrogen-bond acceptors (Lipinski definition) is 5. The monoisotopic (exact) mass is 393 g/mol. The molecule has 0 aliphatic carbocycles. The molecular formula is C22H24FN5O. The number of rotatable bonds is 5. The molecule has 0 radical (unpaired) electrons. The zero-order valence-electron chi connectivity index (χ0n) is 16.7. The Hall–Kier alpha value is -2.93. The summed E-state index contributed by atoms with van der Waals surface area (Å²) in [7, 11) is 0. The quantitative estimate of drug-likeness (QED) is 0.621. The first-order valence-electron chi connectivity index (χ1n) is 9.89. The highest BCUT2D eigenvalue weighted by atomic mass is 19.1. The first kappa shape index (κ1) is 19.4. The number of Topliss-reactive ketones (excluding diaryl/α,β-unsaturated/α-hetero) is 1. The molecule has 4 rings (SSSR count). The van der Waals surface area contributed by atoms with Crippen LogP contribution in [-0.4, -0.2) is 44.0 Å². The molecule has 0 unspecified atom stereocenters. The molecule has 0 spiro atoms. The van der Waals surface area contributed by atoms with Crippen LogP contribution in [-0.2, 0) is 6.54 Å². The van der Waals surface area contributed by atoms with Crippen LogP contribution in [0.15, 0.2) is 42.5 Å². The van der Waals surface area contributed by atoms with E-state index in [0.29, 0.717) is 18.7 Å². The largest absolute Gasteiger partial charge is 0.295 e. The minimum Gasteiger partial charge on any atom is -0.295 e. The fraction of sp³-hybridized carbons (Fsp3) is 0.364. The molecule has 0 amide bonds. The number of hydrogen-bond donors (Lipinski definition) is 0. The van der Waals surface area contributed by atoms with Crippen molar-refractivity contribution in [2.24, 2.45) is 5.92 Å². The first-order chi connectivity index (χ1) is 14.0. The number of likely N-dealkylation sites (tertiary alicyclic amines) is 1. The Morgan fingerprint density at radius 1 is 1.14 bits per heavy atom. The van der Waals surface area contributed by atoms with Crippen molar-refractivity contribution in [3.63, 3.8) is 0 Å². The number of benzene rings is 2. The van der Waals surface area contributed by atoms with Gasteiger partial charge in [0, 0.05) is 18.0 Å². The van der Waals surface area contributed by atoms with E-state index in [4.69, 9.17) is 0 Å². The summed E-state index contributed by atoms with van der Waals surface area (Å²) in [6.07, 6.45) is 1.77. The van der Waals surface area contributed by atoms with E-state index in [1.165, 1.54) is 12.1 Å². The molecule has 1 saturated heterocycles. The lowest BCUT2D eigenvalue weighted by Gasteiger charge is -2.31. The summed E-state index contributed by atoms with van der Waals surface area (Å²) in [6, 6.07) is 11.9. The van der Waals surface area contributed by atoms with E-state index in [9.17, 15) is 9.18 Å². The summed E-state index contributed by atoms with van der Waals surface area (Å²) in [4.78, 5) is 15.1. The number of tetrazole rings is 1. The second kappa shape index (κ2) is 8.21. The lowest BCUT2D eigenvalue weighted by Crippen LogP contribution is -2.38. The molecule has 150 valence electrons. The van der Waals surface area contributed by atoms with E-state index in [1.54, 1.807) is 16.8 Å². The number of nitrogens with zero attached hydrogens (tertiary/aromatic N) is 5. The van der Waals surface area contributed by atoms with Gasteiger partial charge in [-0.1, -0.05) is 18.2 Å². The Labute approximate surface area is 169 Å². The van der Waals surface area contributed by atoms with Crippen molar-refractivity contribution < 1.29 is 9.18 Å². The Kier molecular flexibility index (Phi) is 5.49. The Balaban J connectivity index is 1.50. The lowest BCUT2D eigenvalue weighted by atomic mass is 9.90. The third-order valence-corrected chi connectivity index (χ3v) is 5.56. The number of piperidine rings is 1. The van der Waals surface area contributed by atoms with Crippen molar-refractivity contribution in [2.45, 2.75) is 33.2 Å². The smallest absolute Gasteiger partial charge is 0.170 e. The van der Waals surface area contributed by atoms with Gasteiger partial charge in [0.25, 0.3) is 0 Å². The molecule has 7 heteroatoms. The molecule has 0 N–H and O–H groups in total. The van der Waals surface area contributed by atoms with Crippen molar-refractivity contribution in [3.05, 3.63) is 70.8 Å². The maximum absolute atomic E-state index is 13.2. The second-order valence-electron chi connectivity index (χ2n) is 7.69. The zero-order valence-corrected chi connectivity index (χ0v) is 16.7. The van der Waals surface area contributed by atoms with Crippen LogP contribution in [0.2, 0.25) is 0 Å². The molecular weight excluding hydrogens is 369 g/mol. The van der Waals surface area contributed by atoms with Gasteiger partial charge in [0.15, 0.2) is 11.6 Å². The van der Waals surface area contributed by atoms with Crippen molar-refractivity contribution in [3.8, 4) is 5.69 Å². The molecule has 2 heterocycles. The molecule has 6 nitrogen and oxygen atoms in total. The van der Waals surface area contributed by atoms with Crippen LogP contribution >= 0.6 is 0 Å². The normalized spacial score (nSPS) is 17.4. The van der Waals surface area contributed by atoms with Crippen molar-refractivity contribution >= 4 is 5.78 Å². The fourth-order valence-electron chi connectivity index (χ4n) is 4.08. The average molecular weight is 393 g/mol. The van der Waals surface area contributed by atoms with Gasteiger partial charge in [-0.2, -0.15) is 4.68 Å². The number of carbonyl (C=O) groups excluding carboxylic acids is 1. The number of para-hydroxylation sites is 1. The number of aryl methyl sites for hydroxylation is 2. The van der Waals surface area contributed by atoms with Gasteiger partial charge in [0.2, 0.25) is 0 Å². The van der Waals surface area contributed by atoms with Gasteiger partial charge in [0.1, 0.15) is 5.82 Å². The van der Waals surface area contributed by atoms with Gasteiger partial charge >= 0.3 is 0 Å². The maximum atomic E-state index is 13.2. The van der Waals surface area contributed by atoms with Gasteiger partial charge in [0.05, 0.1) is 12.2 Å². The van der Waals surface area contributed by atoms with Gasteiger partial charge < -0.3 is 0 Å². The fourth-order valence-corrected chi connectivity index (χ4v) is 4.08. The third-order valence-electron chi connectivity index (χ3n) is 5.56. The average Bonchev–Trinajstić information content (AvgIpc) is 3.16. The van der Waals surface area contributed by atoms with Crippen LogP contribution in [0.25, 0.3) is 5.69 Å². The van der Waals surface area contributed by atoms with Crippen LogP contribution in [0, 0.1) is 25.6 Å². The predicted molar refractivity (Wildman–Crippen MR) is 107 cm³/mol. The summed E-state index contributed by atoms with van der Waals surface area (Å²) >= 11 is 0. The summed E-state index contributed by atoms with van der Waals surface area (Å²) in [5, 5.41) is 12.3. The van der Waals surface area contributed by atoms with E-state index in [2.05, 4.69) is 20.4 Å². The Morgan fingerprint density at radius 2 is 1.86 bits per heavy atom. The lowest BCUT2D eigenvalue weighted by molar-refractivity contribution is 0.0807. The Morgan fingerprint density at radius 3 is 2.59 bits per heavy atom. The molecule has 1 aliphatic rings. The van der Waals surface area contributed by atoms with E-state index in [0.717, 1.165) is 42.0 Å². The van der Waals surface area contributed by atoms with Crippen LogP contribution in [0.3, 0.4) is 0 Å². The number of halogens is 1. The van der Waals surface area contributed by atoms with Crippen LogP contribution in [0.4, 0.5) is 4.39 Å². The molecule has 1 fully saturated rings. The van der Waals surface area contributed by atoms with E-state index in [1.807, 2.05) is 32.0 Å². The summed E-state index contributed by atoms with van der Waals surface area (Å²) < 4.78 is 15.0. The standard InChI is InChI=1S/C22H24FN5O/c1-15-5-3-6-16(2)21(15)28-20(24-25-26-28)14-27-12-4-7-18(13-27)22(29)17-8-10-19(23)11-9-17/h3,5-6,8-11,18H,4,7,12-14H2,1-2H3/t18-/m0/s1. The SMILES string of the molecule is Cc1cccc(C)c1-n1nnnc1CN1CCC[C@H](C(=O)c2ccc(F)cc2)C1. The van der Waals surface area contributed by atoms with Crippen molar-refractivity contribution in [1.82, 2.24) is 25.1 Å². The van der Waals surface area contributed by atoms with Crippen molar-refractivity contribution in [2.75, 3.05) is 13.1 Å². The highest BCUT2D eigenvalue weighted by molar-refractivity contribution is 5.98. The zero-order chi connectivity index (χ0) is 20.4. The third kappa shape index (κ3) is 4.10. The topological polar surface area (TPSA) is 63.9 Å². The minimum atomic E-state index is -0.329. The Bertz CT molecular complexity index is 994. The van der Waals surface area contributed by atoms with Gasteiger partial charge in [-0.25, -0.2) is 4.39 Å². The van der Waals surface area contributed by atoms with E-state index in [-0.39, 0.29) is 17.5 Å². The highest BCUT2D eigenvalue weighted by Gasteiger charge is 2.28. The molecule has 3 aromatic rings. The number of carbonyl (C=O) groups is 1. The molecule has 29 heavy (non-hydrogen) atoms. The number of aromatic nitrogens is 4. The number of ketones is 1. The molecule has 1 aromatic heterocycles. The van der Waals surface area contributed by atoms with Crippen LogP contribution in [0.5, 0.6) is 0 Å². The van der Waals surface area contributed by atoms with E-state index >= 15 is 0 Å². The molecule has 0 saturated carbocycles. The second-order valence-corrected chi connectivity index (χ2v) is 7.69. The van der Waals surface area contributed by atoms with Gasteiger partial charge in [-0.15, -0.1) is 5.10 Å². The van der Waals surface area contributed by atoms with E-state index < -0.39 is 0 Å². The van der Waals surface area contributed by atoms with Gasteiger partial charge in [-0.3, -0.25) is 9.69 Å². The van der Waals surface area contributed by atoms with Crippen LogP contribution in [0.1, 0.15) is 40.2 Å². The maximum Gasteiger partial charge on any atom is 0.170 e. The summed E-state index contributed by atoms with van der Waals surface area (Å²) in [5.74, 6) is 0.408. The molecule has 1 aliphatic heterocycles. The van der Waals surface area contributed by atoms with Gasteiger partial charge in [-0.05, 0) is 79.1 Å². The highest BCUT2D eigenvalue weighted by Crippen LogP contribution is 2.24. The summed E-state index contributed by atoms with van der Waals surface area (Å²) in [6.45, 7) is 6.22. The molecule has 2 aromatic carbocycles. The van der Waals surface area contributed by atoms with Crippen molar-refractivity contribution in [1.29, 1.82) is 0 Å². The first-order valence-corrected chi connectivity index (χ1v) is 9.89. The summed E-state index contributed by atoms with van der Waals surface area (Å²) in [5.41, 5.74) is 3.80. The van der Waals surface area contributed by atoms with Crippen LogP contribution < -0.4 is 0 Å².